The van der Waals surface area contributed by atoms with E-state index in [0.717, 1.165) is 11.6 Å². The fourth-order valence-electron chi connectivity index (χ4n) is 1.91. The van der Waals surface area contributed by atoms with Gasteiger partial charge in [0.05, 0.1) is 10.6 Å². The monoisotopic (exact) mass is 368 g/mol. The van der Waals surface area contributed by atoms with Crippen molar-refractivity contribution in [3.63, 3.8) is 0 Å². The molecule has 1 aromatic carbocycles. The molecule has 7 heteroatoms. The van der Waals surface area contributed by atoms with Crippen LogP contribution in [0.4, 0.5) is 19.0 Å². The number of allylic oxidation sites excluding steroid dienone is 1. The summed E-state index contributed by atoms with van der Waals surface area (Å²) in [4.78, 5) is 15.8. The molecule has 0 radical (unpaired) electrons. The Bertz CT molecular complexity index is 784. The minimum absolute atomic E-state index is 0.122. The molecule has 0 aliphatic heterocycles. The van der Waals surface area contributed by atoms with Gasteiger partial charge in [-0.1, -0.05) is 49.7 Å². The first-order valence-corrected chi connectivity index (χ1v) is 7.87. The maximum Gasteiger partial charge on any atom is 0.417 e. The fourth-order valence-corrected chi connectivity index (χ4v) is 2.13. The Morgan fingerprint density at radius 1 is 1.24 bits per heavy atom. The number of hydrogen-bond donors (Lipinski definition) is 1. The summed E-state index contributed by atoms with van der Waals surface area (Å²) >= 11 is 5.78. The zero-order valence-corrected chi connectivity index (χ0v) is 14.3. The molecule has 1 aromatic heterocycles. The van der Waals surface area contributed by atoms with Gasteiger partial charge in [0, 0.05) is 11.8 Å². The second-order valence-corrected chi connectivity index (χ2v) is 6.14. The van der Waals surface area contributed by atoms with E-state index in [-0.39, 0.29) is 10.8 Å². The Balaban J connectivity index is 2.12. The second kappa shape index (κ2) is 7.70. The molecule has 0 unspecified atom stereocenters. The van der Waals surface area contributed by atoms with Gasteiger partial charge in [0.15, 0.2) is 5.82 Å². The van der Waals surface area contributed by atoms with Gasteiger partial charge in [-0.3, -0.25) is 4.79 Å². The number of pyridine rings is 1. The van der Waals surface area contributed by atoms with Crippen LogP contribution in [0, 0.1) is 5.92 Å². The normalized spacial score (nSPS) is 12.0. The number of aromatic nitrogens is 1. The van der Waals surface area contributed by atoms with Crippen molar-refractivity contribution in [2.75, 3.05) is 5.32 Å². The molecule has 0 aliphatic carbocycles. The summed E-state index contributed by atoms with van der Waals surface area (Å²) in [5.41, 5.74) is 0.312. The van der Waals surface area contributed by atoms with Gasteiger partial charge in [-0.2, -0.15) is 13.2 Å². The molecule has 1 N–H and O–H groups in total. The maximum atomic E-state index is 12.6. The highest BCUT2D eigenvalue weighted by Crippen LogP contribution is 2.32. The standard InChI is InChI=1S/C18H16ClF3N2O/c1-11(2)3-4-12-5-7-13(8-6-12)17(25)24-16-15(19)9-14(10-23-16)18(20,21)22/h3-11H,1-2H3,(H,23,24,25). The average molecular weight is 369 g/mol. The number of halogens is 4. The van der Waals surface area contributed by atoms with Crippen molar-refractivity contribution in [1.82, 2.24) is 4.98 Å². The zero-order chi connectivity index (χ0) is 18.6. The number of carbonyl (C=O) groups excluding carboxylic acids is 1. The number of alkyl halides is 3. The molecule has 0 bridgehead atoms. The highest BCUT2D eigenvalue weighted by atomic mass is 35.5. The summed E-state index contributed by atoms with van der Waals surface area (Å²) in [6, 6.07) is 7.51. The first-order valence-electron chi connectivity index (χ1n) is 7.49. The molecular weight excluding hydrogens is 353 g/mol. The number of hydrogen-bond acceptors (Lipinski definition) is 2. The minimum atomic E-state index is -4.54. The van der Waals surface area contributed by atoms with E-state index in [1.54, 1.807) is 24.3 Å². The summed E-state index contributed by atoms with van der Waals surface area (Å²) in [7, 11) is 0. The van der Waals surface area contributed by atoms with Crippen LogP contribution in [-0.4, -0.2) is 10.9 Å². The van der Waals surface area contributed by atoms with Crippen molar-refractivity contribution in [2.24, 2.45) is 5.92 Å². The van der Waals surface area contributed by atoms with Crippen LogP contribution < -0.4 is 5.32 Å². The van der Waals surface area contributed by atoms with E-state index in [2.05, 4.69) is 24.1 Å². The first kappa shape index (κ1) is 19.0. The van der Waals surface area contributed by atoms with Crippen LogP contribution in [0.3, 0.4) is 0 Å². The second-order valence-electron chi connectivity index (χ2n) is 5.73. The number of nitrogens with one attached hydrogen (secondary N) is 1. The predicted molar refractivity (Wildman–Crippen MR) is 92.5 cm³/mol. The average Bonchev–Trinajstić information content (AvgIpc) is 2.54. The van der Waals surface area contributed by atoms with Crippen LogP contribution in [-0.2, 0) is 6.18 Å². The zero-order valence-electron chi connectivity index (χ0n) is 13.6. The van der Waals surface area contributed by atoms with Crippen molar-refractivity contribution < 1.29 is 18.0 Å². The topological polar surface area (TPSA) is 42.0 Å². The first-order chi connectivity index (χ1) is 11.7. The molecule has 0 saturated carbocycles. The van der Waals surface area contributed by atoms with Crippen molar-refractivity contribution in [2.45, 2.75) is 20.0 Å². The van der Waals surface area contributed by atoms with E-state index in [1.165, 1.54) is 0 Å². The molecule has 2 aromatic rings. The Hall–Kier alpha value is -2.34. The van der Waals surface area contributed by atoms with E-state index in [9.17, 15) is 18.0 Å². The van der Waals surface area contributed by atoms with Gasteiger partial charge in [-0.15, -0.1) is 0 Å². The maximum absolute atomic E-state index is 12.6. The SMILES string of the molecule is CC(C)C=Cc1ccc(C(=O)Nc2ncc(C(F)(F)F)cc2Cl)cc1. The van der Waals surface area contributed by atoms with E-state index >= 15 is 0 Å². The number of nitrogens with zero attached hydrogens (tertiary/aromatic N) is 1. The largest absolute Gasteiger partial charge is 0.417 e. The van der Waals surface area contributed by atoms with Gasteiger partial charge >= 0.3 is 6.18 Å². The van der Waals surface area contributed by atoms with E-state index in [4.69, 9.17) is 11.6 Å². The molecule has 1 heterocycles. The van der Waals surface area contributed by atoms with Crippen LogP contribution >= 0.6 is 11.6 Å². The quantitative estimate of drug-likeness (QED) is 0.754. The molecule has 1 amide bonds. The number of benzene rings is 1. The number of carbonyl (C=O) groups is 1. The molecule has 2 rings (SSSR count). The van der Waals surface area contributed by atoms with E-state index in [0.29, 0.717) is 17.7 Å². The van der Waals surface area contributed by atoms with Crippen LogP contribution in [0.2, 0.25) is 5.02 Å². The van der Waals surface area contributed by atoms with Crippen LogP contribution in [0.15, 0.2) is 42.6 Å². The lowest BCUT2D eigenvalue weighted by molar-refractivity contribution is -0.137. The Morgan fingerprint density at radius 3 is 2.40 bits per heavy atom. The van der Waals surface area contributed by atoms with Crippen LogP contribution in [0.5, 0.6) is 0 Å². The number of amides is 1. The summed E-state index contributed by atoms with van der Waals surface area (Å²) in [5, 5.41) is 2.13. The lowest BCUT2D eigenvalue weighted by Crippen LogP contribution is -2.14. The van der Waals surface area contributed by atoms with Crippen molar-refractivity contribution in [3.8, 4) is 0 Å². The van der Waals surface area contributed by atoms with Gasteiger partial charge in [0.25, 0.3) is 5.91 Å². The molecule has 0 atom stereocenters. The highest BCUT2D eigenvalue weighted by molar-refractivity contribution is 6.33. The molecule has 0 aliphatic rings. The van der Waals surface area contributed by atoms with E-state index < -0.39 is 17.6 Å². The van der Waals surface area contributed by atoms with Gasteiger partial charge < -0.3 is 5.32 Å². The highest BCUT2D eigenvalue weighted by Gasteiger charge is 2.31. The summed E-state index contributed by atoms with van der Waals surface area (Å²) in [5.74, 6) is -0.215. The van der Waals surface area contributed by atoms with Gasteiger partial charge in [-0.05, 0) is 29.7 Å². The Kier molecular flexibility index (Phi) is 5.85. The molecule has 0 spiro atoms. The molecular formula is C18H16ClF3N2O. The summed E-state index contributed by atoms with van der Waals surface area (Å²) in [6.45, 7) is 4.11. The molecule has 3 nitrogen and oxygen atoms in total. The molecule has 132 valence electrons. The summed E-state index contributed by atoms with van der Waals surface area (Å²) < 4.78 is 37.8. The Labute approximate surface area is 148 Å². The van der Waals surface area contributed by atoms with Crippen molar-refractivity contribution >= 4 is 29.4 Å². The van der Waals surface area contributed by atoms with Gasteiger partial charge in [0.1, 0.15) is 0 Å². The molecule has 0 saturated heterocycles. The number of anilines is 1. The van der Waals surface area contributed by atoms with Crippen LogP contribution in [0.1, 0.15) is 35.3 Å². The lowest BCUT2D eigenvalue weighted by atomic mass is 10.1. The minimum Gasteiger partial charge on any atom is -0.305 e. The van der Waals surface area contributed by atoms with Crippen molar-refractivity contribution in [1.29, 1.82) is 0 Å². The third-order valence-electron chi connectivity index (χ3n) is 3.25. The van der Waals surface area contributed by atoms with Crippen molar-refractivity contribution in [3.05, 3.63) is 64.3 Å². The van der Waals surface area contributed by atoms with Crippen LogP contribution in [0.25, 0.3) is 6.08 Å². The third-order valence-corrected chi connectivity index (χ3v) is 3.54. The Morgan fingerprint density at radius 2 is 1.88 bits per heavy atom. The predicted octanol–water partition coefficient (Wildman–Crippen LogP) is 5.68. The molecule has 0 fully saturated rings. The van der Waals surface area contributed by atoms with E-state index in [1.807, 2.05) is 12.2 Å². The fraction of sp³-hybridized carbons (Fsp3) is 0.222. The summed E-state index contributed by atoms with van der Waals surface area (Å²) in [6.07, 6.45) is 0.0570. The van der Waals surface area contributed by atoms with Gasteiger partial charge in [-0.25, -0.2) is 4.98 Å². The number of rotatable bonds is 4. The van der Waals surface area contributed by atoms with Gasteiger partial charge in [0.2, 0.25) is 0 Å². The lowest BCUT2D eigenvalue weighted by Gasteiger charge is -2.10. The molecule has 25 heavy (non-hydrogen) atoms. The smallest absolute Gasteiger partial charge is 0.305 e. The third kappa shape index (κ3) is 5.32.